The van der Waals surface area contributed by atoms with Gasteiger partial charge in [0.1, 0.15) is 5.82 Å². The molecule has 0 fully saturated rings. The molecule has 3 aromatic rings. The monoisotopic (exact) mass is 427 g/mol. The van der Waals surface area contributed by atoms with Crippen molar-refractivity contribution in [2.24, 2.45) is 11.1 Å². The smallest absolute Gasteiger partial charge is 0.251 e. The Morgan fingerprint density at radius 3 is 2.50 bits per heavy atom. The number of benzene rings is 1. The maximum atomic E-state index is 12.3. The van der Waals surface area contributed by atoms with Crippen LogP contribution in [0.1, 0.15) is 40.2 Å². The number of nitrogens with two attached hydrogens (primary N) is 1. The Morgan fingerprint density at radius 1 is 1.20 bits per heavy atom. The summed E-state index contributed by atoms with van der Waals surface area (Å²) >= 11 is 6.41. The molecule has 8 heteroatoms. The van der Waals surface area contributed by atoms with E-state index in [0.717, 1.165) is 11.1 Å². The van der Waals surface area contributed by atoms with E-state index in [-0.39, 0.29) is 17.0 Å². The van der Waals surface area contributed by atoms with Gasteiger partial charge in [0.2, 0.25) is 5.91 Å². The predicted molar refractivity (Wildman–Crippen MR) is 118 cm³/mol. The number of hydrogen-bond acceptors (Lipinski definition) is 4. The molecule has 2 heterocycles. The topological polar surface area (TPSA) is 107 Å². The zero-order chi connectivity index (χ0) is 22.3. The van der Waals surface area contributed by atoms with Crippen LogP contribution in [0.3, 0.4) is 0 Å². The summed E-state index contributed by atoms with van der Waals surface area (Å²) < 4.78 is 1.82. The fourth-order valence-corrected chi connectivity index (χ4v) is 3.22. The molecule has 0 saturated heterocycles. The lowest BCUT2D eigenvalue weighted by molar-refractivity contribution is -0.125. The van der Waals surface area contributed by atoms with Crippen LogP contribution in [-0.4, -0.2) is 25.7 Å². The van der Waals surface area contributed by atoms with Crippen molar-refractivity contribution in [2.45, 2.75) is 46.6 Å². The summed E-state index contributed by atoms with van der Waals surface area (Å²) in [6.07, 6.45) is 3.98. The molecular formula is C22H26ClN5O2. The maximum Gasteiger partial charge on any atom is 0.251 e. The minimum atomic E-state index is -0.713. The third kappa shape index (κ3) is 4.62. The number of aromatic amines is 1. The van der Waals surface area contributed by atoms with Crippen molar-refractivity contribution in [1.29, 1.82) is 0 Å². The van der Waals surface area contributed by atoms with Crippen LogP contribution in [0.5, 0.6) is 0 Å². The minimum Gasteiger partial charge on any atom is -0.369 e. The van der Waals surface area contributed by atoms with E-state index in [1.54, 1.807) is 26.1 Å². The molecule has 7 nitrogen and oxygen atoms in total. The van der Waals surface area contributed by atoms with Gasteiger partial charge >= 0.3 is 0 Å². The molecule has 2 aromatic heterocycles. The molecule has 0 saturated carbocycles. The van der Waals surface area contributed by atoms with Crippen molar-refractivity contribution in [1.82, 2.24) is 19.7 Å². The molecule has 0 radical (unpaired) electrons. The summed E-state index contributed by atoms with van der Waals surface area (Å²) in [5.74, 6) is -0.0341. The van der Waals surface area contributed by atoms with Crippen molar-refractivity contribution in [3.8, 4) is 22.6 Å². The lowest BCUT2D eigenvalue weighted by Crippen LogP contribution is -2.33. The SMILES string of the molecule is CC(C)(Cc1ccc(Cl)c(-c2nc(-c3cnn(C(C)(C)C)c3)cc(=O)[nH]2)c1)C(N)=O. The van der Waals surface area contributed by atoms with Crippen LogP contribution in [-0.2, 0) is 16.8 Å². The van der Waals surface area contributed by atoms with Gasteiger partial charge in [-0.1, -0.05) is 31.5 Å². The summed E-state index contributed by atoms with van der Waals surface area (Å²) in [6, 6.07) is 6.83. The van der Waals surface area contributed by atoms with Crippen LogP contribution in [0.25, 0.3) is 22.6 Å². The Kier molecular flexibility index (Phi) is 5.60. The first kappa shape index (κ1) is 21.8. The predicted octanol–water partition coefficient (Wildman–Crippen LogP) is 3.76. The van der Waals surface area contributed by atoms with Gasteiger partial charge < -0.3 is 10.7 Å². The van der Waals surface area contributed by atoms with Gasteiger partial charge in [-0.25, -0.2) is 4.98 Å². The average Bonchev–Trinajstić information content (AvgIpc) is 3.13. The number of primary amides is 1. The van der Waals surface area contributed by atoms with E-state index in [0.29, 0.717) is 28.5 Å². The van der Waals surface area contributed by atoms with Crippen molar-refractivity contribution < 1.29 is 4.79 Å². The van der Waals surface area contributed by atoms with Gasteiger partial charge in [0.15, 0.2) is 0 Å². The zero-order valence-corrected chi connectivity index (χ0v) is 18.5. The summed E-state index contributed by atoms with van der Waals surface area (Å²) in [5.41, 5.74) is 6.99. The largest absolute Gasteiger partial charge is 0.369 e. The number of amides is 1. The highest BCUT2D eigenvalue weighted by molar-refractivity contribution is 6.33. The van der Waals surface area contributed by atoms with E-state index in [2.05, 4.69) is 15.1 Å². The molecule has 30 heavy (non-hydrogen) atoms. The summed E-state index contributed by atoms with van der Waals surface area (Å²) in [5, 5.41) is 4.82. The number of halogens is 1. The molecular weight excluding hydrogens is 402 g/mol. The number of hydrogen-bond donors (Lipinski definition) is 2. The van der Waals surface area contributed by atoms with E-state index in [1.165, 1.54) is 6.07 Å². The first-order valence-corrected chi connectivity index (χ1v) is 10.0. The van der Waals surface area contributed by atoms with Gasteiger partial charge in [-0.15, -0.1) is 0 Å². The van der Waals surface area contributed by atoms with E-state index in [4.69, 9.17) is 17.3 Å². The molecule has 1 amide bonds. The van der Waals surface area contributed by atoms with Crippen molar-refractivity contribution >= 4 is 17.5 Å². The normalized spacial score (nSPS) is 12.2. The van der Waals surface area contributed by atoms with Gasteiger partial charge in [0.25, 0.3) is 5.56 Å². The zero-order valence-electron chi connectivity index (χ0n) is 17.8. The number of nitrogens with one attached hydrogen (secondary N) is 1. The van der Waals surface area contributed by atoms with Gasteiger partial charge in [-0.2, -0.15) is 5.10 Å². The van der Waals surface area contributed by atoms with E-state index >= 15 is 0 Å². The van der Waals surface area contributed by atoms with Crippen LogP contribution < -0.4 is 11.3 Å². The molecule has 0 unspecified atom stereocenters. The Balaban J connectivity index is 2.05. The van der Waals surface area contributed by atoms with Crippen LogP contribution in [0.15, 0.2) is 41.5 Å². The van der Waals surface area contributed by atoms with Crippen LogP contribution >= 0.6 is 11.6 Å². The second kappa shape index (κ2) is 7.72. The van der Waals surface area contributed by atoms with Gasteiger partial charge in [-0.05, 0) is 44.9 Å². The highest BCUT2D eigenvalue weighted by Gasteiger charge is 2.25. The summed E-state index contributed by atoms with van der Waals surface area (Å²) in [7, 11) is 0. The molecule has 1 aromatic carbocycles. The number of nitrogens with zero attached hydrogens (tertiary/aromatic N) is 3. The molecule has 0 bridgehead atoms. The van der Waals surface area contributed by atoms with E-state index in [9.17, 15) is 9.59 Å². The Morgan fingerprint density at radius 2 is 1.90 bits per heavy atom. The Bertz CT molecular complexity index is 1150. The maximum absolute atomic E-state index is 12.3. The highest BCUT2D eigenvalue weighted by Crippen LogP contribution is 2.30. The fourth-order valence-electron chi connectivity index (χ4n) is 3.02. The van der Waals surface area contributed by atoms with Gasteiger partial charge in [0.05, 0.1) is 22.5 Å². The Hall–Kier alpha value is -2.93. The molecule has 3 N–H and O–H groups in total. The second-order valence-electron chi connectivity index (χ2n) is 9.06. The molecule has 3 rings (SSSR count). The van der Waals surface area contributed by atoms with Crippen LogP contribution in [0.4, 0.5) is 0 Å². The average molecular weight is 428 g/mol. The highest BCUT2D eigenvalue weighted by atomic mass is 35.5. The summed E-state index contributed by atoms with van der Waals surface area (Å²) in [6.45, 7) is 9.70. The molecule has 0 aliphatic heterocycles. The lowest BCUT2D eigenvalue weighted by atomic mass is 9.85. The Labute approximate surface area is 180 Å². The first-order valence-electron chi connectivity index (χ1n) is 9.62. The minimum absolute atomic E-state index is 0.187. The standard InChI is InChI=1S/C22H26ClN5O2/c1-21(2,3)28-12-14(11-25-28)17-9-18(29)27-19(26-17)15-8-13(6-7-16(15)23)10-22(4,5)20(24)30/h6-9,11-12H,10H2,1-5H3,(H2,24,30)(H,26,27,29). The van der Waals surface area contributed by atoms with Crippen molar-refractivity contribution in [3.63, 3.8) is 0 Å². The second-order valence-corrected chi connectivity index (χ2v) is 9.47. The third-order valence-electron chi connectivity index (χ3n) is 4.91. The molecule has 0 spiro atoms. The molecule has 158 valence electrons. The first-order chi connectivity index (χ1) is 13.9. The third-order valence-corrected chi connectivity index (χ3v) is 5.24. The van der Waals surface area contributed by atoms with Crippen molar-refractivity contribution in [2.75, 3.05) is 0 Å². The number of H-pyrrole nitrogens is 1. The summed E-state index contributed by atoms with van der Waals surface area (Å²) in [4.78, 5) is 31.4. The van der Waals surface area contributed by atoms with Crippen molar-refractivity contribution in [3.05, 3.63) is 57.6 Å². The molecule has 0 aliphatic rings. The fraction of sp³-hybridized carbons (Fsp3) is 0.364. The van der Waals surface area contributed by atoms with Crippen LogP contribution in [0, 0.1) is 5.41 Å². The van der Waals surface area contributed by atoms with E-state index in [1.807, 2.05) is 43.8 Å². The molecule has 0 aliphatic carbocycles. The molecule has 0 atom stereocenters. The lowest BCUT2D eigenvalue weighted by Gasteiger charge is -2.20. The number of rotatable bonds is 5. The van der Waals surface area contributed by atoms with Gasteiger partial charge in [0, 0.05) is 28.8 Å². The quantitative estimate of drug-likeness (QED) is 0.646. The van der Waals surface area contributed by atoms with Crippen LogP contribution in [0.2, 0.25) is 5.02 Å². The number of aromatic nitrogens is 4. The van der Waals surface area contributed by atoms with E-state index < -0.39 is 5.41 Å². The van der Waals surface area contributed by atoms with Gasteiger partial charge in [-0.3, -0.25) is 14.3 Å². The number of carbonyl (C=O) groups is 1. The number of carbonyl (C=O) groups excluding carboxylic acids is 1.